The zero-order chi connectivity index (χ0) is 22.9. The van der Waals surface area contributed by atoms with E-state index in [-0.39, 0.29) is 5.91 Å². The van der Waals surface area contributed by atoms with Crippen molar-refractivity contribution in [2.24, 2.45) is 0 Å². The van der Waals surface area contributed by atoms with Gasteiger partial charge in [0.25, 0.3) is 5.91 Å². The molecule has 0 saturated heterocycles. The van der Waals surface area contributed by atoms with E-state index >= 15 is 0 Å². The molecule has 1 amide bonds. The van der Waals surface area contributed by atoms with Crippen molar-refractivity contribution in [3.8, 4) is 11.3 Å². The highest BCUT2D eigenvalue weighted by Gasteiger charge is 2.23. The van der Waals surface area contributed by atoms with Crippen molar-refractivity contribution in [1.82, 2.24) is 24.5 Å². The highest BCUT2D eigenvalue weighted by atomic mass is 35.5. The van der Waals surface area contributed by atoms with E-state index in [0.717, 1.165) is 40.6 Å². The van der Waals surface area contributed by atoms with Crippen LogP contribution in [0.25, 0.3) is 11.3 Å². The molecule has 1 aliphatic heterocycles. The predicted octanol–water partition coefficient (Wildman–Crippen LogP) is 4.28. The van der Waals surface area contributed by atoms with Crippen LogP contribution < -0.4 is 10.2 Å². The lowest BCUT2D eigenvalue weighted by molar-refractivity contribution is 0.102. The Hall–Kier alpha value is -3.78. The lowest BCUT2D eigenvalue weighted by atomic mass is 10.1. The monoisotopic (exact) mass is 459 g/mol. The molecule has 0 bridgehead atoms. The smallest absolute Gasteiger partial charge is 0.275 e. The van der Waals surface area contributed by atoms with Gasteiger partial charge in [0, 0.05) is 43.4 Å². The highest BCUT2D eigenvalue weighted by Crippen LogP contribution is 2.32. The van der Waals surface area contributed by atoms with Gasteiger partial charge in [0.2, 0.25) is 0 Å². The van der Waals surface area contributed by atoms with E-state index in [1.807, 2.05) is 30.7 Å². The number of imidazole rings is 1. The Morgan fingerprint density at radius 2 is 2.00 bits per heavy atom. The van der Waals surface area contributed by atoms with Gasteiger partial charge in [0.15, 0.2) is 0 Å². The molecule has 0 aliphatic carbocycles. The van der Waals surface area contributed by atoms with Gasteiger partial charge in [-0.1, -0.05) is 17.7 Å². The molecule has 33 heavy (non-hydrogen) atoms. The molecule has 4 aromatic heterocycles. The number of hydrogen-bond donors (Lipinski definition) is 1. The lowest BCUT2D eigenvalue weighted by Crippen LogP contribution is -2.34. The van der Waals surface area contributed by atoms with E-state index < -0.39 is 0 Å². The second-order valence-electron chi connectivity index (χ2n) is 8.05. The Bertz CT molecular complexity index is 1340. The maximum Gasteiger partial charge on any atom is 0.275 e. The molecule has 0 spiro atoms. The summed E-state index contributed by atoms with van der Waals surface area (Å²) in [6.45, 7) is 6.02. The zero-order valence-corrected chi connectivity index (χ0v) is 19.0. The molecule has 0 atom stereocenters. The molecule has 8 nitrogen and oxygen atoms in total. The number of hydrogen-bond acceptors (Lipinski definition) is 6. The predicted molar refractivity (Wildman–Crippen MR) is 127 cm³/mol. The summed E-state index contributed by atoms with van der Waals surface area (Å²) < 4.78 is 2.01. The summed E-state index contributed by atoms with van der Waals surface area (Å²) >= 11 is 6.48. The molecule has 4 aromatic rings. The molecular formula is C24H22ClN7O. The Balaban J connectivity index is 1.38. The number of pyridine rings is 3. The third-order valence-corrected chi connectivity index (χ3v) is 5.89. The number of rotatable bonds is 4. The van der Waals surface area contributed by atoms with Gasteiger partial charge in [0.1, 0.15) is 17.3 Å². The van der Waals surface area contributed by atoms with Crippen molar-refractivity contribution in [3.05, 3.63) is 82.9 Å². The number of amides is 1. The van der Waals surface area contributed by atoms with Crippen LogP contribution in [-0.2, 0) is 13.1 Å². The Kier molecular flexibility index (Phi) is 5.51. The van der Waals surface area contributed by atoms with Crippen LogP contribution in [0.1, 0.15) is 27.4 Å². The summed E-state index contributed by atoms with van der Waals surface area (Å²) in [6, 6.07) is 7.62. The quantitative estimate of drug-likeness (QED) is 0.490. The molecule has 9 heteroatoms. The van der Waals surface area contributed by atoms with E-state index in [4.69, 9.17) is 11.6 Å². The first kappa shape index (κ1) is 21.1. The third kappa shape index (κ3) is 4.29. The lowest BCUT2D eigenvalue weighted by Gasteiger charge is -2.29. The summed E-state index contributed by atoms with van der Waals surface area (Å²) in [5, 5.41) is 3.39. The van der Waals surface area contributed by atoms with E-state index in [1.165, 1.54) is 0 Å². The minimum absolute atomic E-state index is 0.260. The SMILES string of the molecule is Cc1cnc(-c2cc(N3CCn4cc(C(=O)Nc5cccnc5)nc4C3)ncc2Cl)c(C)c1. The number of anilines is 2. The molecule has 0 radical (unpaired) electrons. The number of carbonyl (C=O) groups excluding carboxylic acids is 1. The molecule has 1 aliphatic rings. The molecular weight excluding hydrogens is 438 g/mol. The average molecular weight is 460 g/mol. The number of nitrogens with zero attached hydrogens (tertiary/aromatic N) is 6. The summed E-state index contributed by atoms with van der Waals surface area (Å²) in [5.41, 5.74) is 4.88. The van der Waals surface area contributed by atoms with Gasteiger partial charge in [0.05, 0.1) is 29.1 Å². The molecule has 166 valence electrons. The minimum Gasteiger partial charge on any atom is -0.347 e. The normalized spacial score (nSPS) is 13.0. The summed E-state index contributed by atoms with van der Waals surface area (Å²) in [6.07, 6.45) is 8.56. The molecule has 0 unspecified atom stereocenters. The van der Waals surface area contributed by atoms with Crippen LogP contribution >= 0.6 is 11.6 Å². The maximum atomic E-state index is 12.6. The molecule has 0 fully saturated rings. The van der Waals surface area contributed by atoms with Crippen LogP contribution in [0.3, 0.4) is 0 Å². The van der Waals surface area contributed by atoms with Gasteiger partial charge in [-0.3, -0.25) is 14.8 Å². The summed E-state index contributed by atoms with van der Waals surface area (Å²) in [7, 11) is 0. The molecule has 1 N–H and O–H groups in total. The number of carbonyl (C=O) groups is 1. The molecule has 5 heterocycles. The van der Waals surface area contributed by atoms with Crippen molar-refractivity contribution in [2.75, 3.05) is 16.8 Å². The number of nitrogens with one attached hydrogen (secondary N) is 1. The van der Waals surface area contributed by atoms with Crippen molar-refractivity contribution < 1.29 is 4.79 Å². The fraction of sp³-hybridized carbons (Fsp3) is 0.208. The molecule has 5 rings (SSSR count). The fourth-order valence-corrected chi connectivity index (χ4v) is 4.16. The van der Waals surface area contributed by atoms with Crippen LogP contribution in [0.4, 0.5) is 11.5 Å². The number of halogens is 1. The first-order valence-electron chi connectivity index (χ1n) is 10.6. The summed E-state index contributed by atoms with van der Waals surface area (Å²) in [5.74, 6) is 1.34. The van der Waals surface area contributed by atoms with Crippen molar-refractivity contribution in [2.45, 2.75) is 26.9 Å². The van der Waals surface area contributed by atoms with E-state index in [1.54, 1.807) is 36.9 Å². The minimum atomic E-state index is -0.260. The van der Waals surface area contributed by atoms with Crippen molar-refractivity contribution in [3.63, 3.8) is 0 Å². The largest absolute Gasteiger partial charge is 0.347 e. The van der Waals surface area contributed by atoms with Crippen molar-refractivity contribution >= 4 is 29.0 Å². The Morgan fingerprint density at radius 1 is 1.12 bits per heavy atom. The van der Waals surface area contributed by atoms with Gasteiger partial charge in [-0.15, -0.1) is 0 Å². The van der Waals surface area contributed by atoms with Crippen LogP contribution in [0.2, 0.25) is 5.02 Å². The van der Waals surface area contributed by atoms with Crippen LogP contribution in [0.15, 0.2) is 55.2 Å². The zero-order valence-electron chi connectivity index (χ0n) is 18.3. The second-order valence-corrected chi connectivity index (χ2v) is 8.46. The van der Waals surface area contributed by atoms with E-state index in [9.17, 15) is 4.79 Å². The average Bonchev–Trinajstić information content (AvgIpc) is 3.24. The van der Waals surface area contributed by atoms with E-state index in [0.29, 0.717) is 29.5 Å². The highest BCUT2D eigenvalue weighted by molar-refractivity contribution is 6.33. The Morgan fingerprint density at radius 3 is 2.79 bits per heavy atom. The Labute approximate surface area is 196 Å². The number of fused-ring (bicyclic) bond motifs is 1. The number of aromatic nitrogens is 5. The van der Waals surface area contributed by atoms with Gasteiger partial charge in [-0.2, -0.15) is 0 Å². The first-order valence-corrected chi connectivity index (χ1v) is 11.0. The van der Waals surface area contributed by atoms with Gasteiger partial charge in [-0.25, -0.2) is 9.97 Å². The maximum absolute atomic E-state index is 12.6. The van der Waals surface area contributed by atoms with E-state index in [2.05, 4.69) is 36.2 Å². The fourth-order valence-electron chi connectivity index (χ4n) is 3.97. The van der Waals surface area contributed by atoms with Gasteiger partial charge >= 0.3 is 0 Å². The number of aryl methyl sites for hydroxylation is 2. The van der Waals surface area contributed by atoms with Crippen LogP contribution in [0, 0.1) is 13.8 Å². The molecule has 0 aromatic carbocycles. The van der Waals surface area contributed by atoms with Crippen LogP contribution in [-0.4, -0.2) is 37.0 Å². The standard InChI is InChI=1S/C24H22ClN7O/c1-15-8-16(2)23(28-10-15)18-9-21(27-12-19(18)25)32-7-6-31-13-20(30-22(31)14-32)24(33)29-17-4-3-5-26-11-17/h3-5,8-13H,6-7,14H2,1-2H3,(H,29,33). The summed E-state index contributed by atoms with van der Waals surface area (Å²) in [4.78, 5) is 32.5. The van der Waals surface area contributed by atoms with Gasteiger partial charge < -0.3 is 14.8 Å². The molecule has 0 saturated carbocycles. The topological polar surface area (TPSA) is 88.8 Å². The van der Waals surface area contributed by atoms with Gasteiger partial charge in [-0.05, 0) is 43.2 Å². The van der Waals surface area contributed by atoms with Crippen molar-refractivity contribution in [1.29, 1.82) is 0 Å². The van der Waals surface area contributed by atoms with Crippen LogP contribution in [0.5, 0.6) is 0 Å². The second kappa shape index (κ2) is 8.63. The third-order valence-electron chi connectivity index (χ3n) is 5.59. The first-order chi connectivity index (χ1) is 16.0.